The van der Waals surface area contributed by atoms with Gasteiger partial charge >= 0.3 is 5.97 Å². The zero-order valence-corrected chi connectivity index (χ0v) is 11.7. The van der Waals surface area contributed by atoms with Gasteiger partial charge in [-0.15, -0.1) is 11.3 Å². The number of aromatic nitrogens is 2. The van der Waals surface area contributed by atoms with Crippen LogP contribution in [0.3, 0.4) is 0 Å². The van der Waals surface area contributed by atoms with E-state index >= 15 is 0 Å². The summed E-state index contributed by atoms with van der Waals surface area (Å²) in [5, 5.41) is 13.1. The summed E-state index contributed by atoms with van der Waals surface area (Å²) in [7, 11) is 0. The maximum atomic E-state index is 12.1. The van der Waals surface area contributed by atoms with Crippen molar-refractivity contribution in [2.75, 3.05) is 0 Å². The number of nitrogens with zero attached hydrogens (tertiary/aromatic N) is 2. The molecule has 2 rings (SSSR count). The van der Waals surface area contributed by atoms with Crippen LogP contribution in [0, 0.1) is 5.92 Å². The molecule has 20 heavy (non-hydrogen) atoms. The summed E-state index contributed by atoms with van der Waals surface area (Å²) < 4.78 is 1.25. The second kappa shape index (κ2) is 5.41. The number of aliphatic carboxylic acids is 1. The van der Waals surface area contributed by atoms with Gasteiger partial charge < -0.3 is 10.4 Å². The van der Waals surface area contributed by atoms with Gasteiger partial charge in [-0.25, -0.2) is 9.78 Å². The normalized spacial score (nSPS) is 12.6. The van der Waals surface area contributed by atoms with E-state index in [2.05, 4.69) is 10.3 Å². The smallest absolute Gasteiger partial charge is 0.326 e. The molecular weight excluding hydrogens is 282 g/mol. The topological polar surface area (TPSA) is 101 Å². The molecule has 1 atom stereocenters. The molecule has 0 fully saturated rings. The van der Waals surface area contributed by atoms with Gasteiger partial charge in [0.15, 0.2) is 4.96 Å². The Labute approximate surface area is 117 Å². The molecule has 7 nitrogen and oxygen atoms in total. The Morgan fingerprint density at radius 2 is 2.15 bits per heavy atom. The Balaban J connectivity index is 2.34. The molecule has 0 aliphatic heterocycles. The van der Waals surface area contributed by atoms with E-state index in [0.717, 1.165) is 0 Å². The van der Waals surface area contributed by atoms with Crippen molar-refractivity contribution in [2.45, 2.75) is 19.9 Å². The van der Waals surface area contributed by atoms with Gasteiger partial charge in [0, 0.05) is 17.8 Å². The molecule has 0 spiro atoms. The second-order valence-corrected chi connectivity index (χ2v) is 5.44. The first kappa shape index (κ1) is 14.2. The summed E-state index contributed by atoms with van der Waals surface area (Å²) in [6.45, 7) is 3.35. The third-order valence-corrected chi connectivity index (χ3v) is 3.58. The van der Waals surface area contributed by atoms with Crippen LogP contribution in [-0.2, 0) is 4.79 Å². The molecule has 0 bridgehead atoms. The van der Waals surface area contributed by atoms with Gasteiger partial charge in [-0.1, -0.05) is 13.8 Å². The van der Waals surface area contributed by atoms with Crippen LogP contribution in [0.1, 0.15) is 24.2 Å². The monoisotopic (exact) mass is 295 g/mol. The van der Waals surface area contributed by atoms with Crippen molar-refractivity contribution in [2.24, 2.45) is 5.92 Å². The highest BCUT2D eigenvalue weighted by atomic mass is 32.1. The lowest BCUT2D eigenvalue weighted by Gasteiger charge is -2.17. The Morgan fingerprint density at radius 3 is 2.75 bits per heavy atom. The summed E-state index contributed by atoms with van der Waals surface area (Å²) in [5.74, 6) is -2.17. The first-order valence-corrected chi connectivity index (χ1v) is 6.78. The van der Waals surface area contributed by atoms with Gasteiger partial charge in [0.05, 0.1) is 0 Å². The van der Waals surface area contributed by atoms with Crippen LogP contribution in [0.15, 0.2) is 22.6 Å². The predicted octanol–water partition coefficient (Wildman–Crippen LogP) is 0.595. The van der Waals surface area contributed by atoms with E-state index in [9.17, 15) is 14.4 Å². The summed E-state index contributed by atoms with van der Waals surface area (Å²) in [4.78, 5) is 39.6. The van der Waals surface area contributed by atoms with Gasteiger partial charge in [-0.2, -0.15) is 0 Å². The molecule has 1 amide bonds. The van der Waals surface area contributed by atoms with E-state index in [-0.39, 0.29) is 11.5 Å². The highest BCUT2D eigenvalue weighted by molar-refractivity contribution is 7.15. The van der Waals surface area contributed by atoms with Crippen LogP contribution < -0.4 is 10.9 Å². The zero-order valence-electron chi connectivity index (χ0n) is 10.9. The van der Waals surface area contributed by atoms with E-state index < -0.39 is 23.5 Å². The first-order valence-electron chi connectivity index (χ1n) is 5.90. The number of thiazole rings is 1. The van der Waals surface area contributed by atoms with Crippen LogP contribution in [0.5, 0.6) is 0 Å². The number of nitrogens with one attached hydrogen (secondary N) is 1. The number of fused-ring (bicyclic) bond motifs is 1. The number of carbonyl (C=O) groups is 2. The second-order valence-electron chi connectivity index (χ2n) is 4.57. The minimum Gasteiger partial charge on any atom is -0.480 e. The standard InChI is InChI=1S/C12H13N3O4S/c1-6(2)8(11(18)19)14-9(16)7-5-13-12-15(10(7)17)3-4-20-12/h3-6,8H,1-2H3,(H,14,16)(H,18,19). The molecule has 0 aliphatic carbocycles. The fraction of sp³-hybridized carbons (Fsp3) is 0.333. The summed E-state index contributed by atoms with van der Waals surface area (Å²) >= 11 is 1.27. The number of rotatable bonds is 4. The van der Waals surface area contributed by atoms with Crippen molar-refractivity contribution in [1.29, 1.82) is 0 Å². The van der Waals surface area contributed by atoms with Crippen LogP contribution in [0.4, 0.5) is 0 Å². The molecule has 2 aromatic rings. The largest absolute Gasteiger partial charge is 0.480 e. The average molecular weight is 295 g/mol. The Bertz CT molecular complexity index is 719. The molecule has 2 heterocycles. The molecular formula is C12H13N3O4S. The van der Waals surface area contributed by atoms with Crippen molar-refractivity contribution < 1.29 is 14.7 Å². The maximum Gasteiger partial charge on any atom is 0.326 e. The Kier molecular flexibility index (Phi) is 3.84. The van der Waals surface area contributed by atoms with Crippen molar-refractivity contribution in [3.8, 4) is 0 Å². The van der Waals surface area contributed by atoms with Gasteiger partial charge in [-0.05, 0) is 5.92 Å². The van der Waals surface area contributed by atoms with Crippen LogP contribution in [0.2, 0.25) is 0 Å². The molecule has 0 saturated carbocycles. The molecule has 0 radical (unpaired) electrons. The molecule has 8 heteroatoms. The lowest BCUT2D eigenvalue weighted by molar-refractivity contribution is -0.140. The third kappa shape index (κ3) is 2.55. The molecule has 2 N–H and O–H groups in total. The number of carbonyl (C=O) groups excluding carboxylic acids is 1. The Morgan fingerprint density at radius 1 is 1.45 bits per heavy atom. The molecule has 0 aromatic carbocycles. The van der Waals surface area contributed by atoms with Crippen LogP contribution in [0.25, 0.3) is 4.96 Å². The lowest BCUT2D eigenvalue weighted by atomic mass is 10.0. The minimum absolute atomic E-state index is 0.173. The fourth-order valence-corrected chi connectivity index (χ4v) is 2.39. The van der Waals surface area contributed by atoms with Crippen molar-refractivity contribution in [3.63, 3.8) is 0 Å². The van der Waals surface area contributed by atoms with E-state index in [4.69, 9.17) is 5.11 Å². The summed E-state index contributed by atoms with van der Waals surface area (Å²) in [6, 6.07) is -1.05. The molecule has 0 aliphatic rings. The number of carboxylic acids is 1. The van der Waals surface area contributed by atoms with E-state index in [1.165, 1.54) is 28.1 Å². The minimum atomic E-state index is -1.14. The Hall–Kier alpha value is -2.22. The lowest BCUT2D eigenvalue weighted by Crippen LogP contribution is -2.45. The maximum absolute atomic E-state index is 12.1. The number of hydrogen-bond acceptors (Lipinski definition) is 5. The van der Waals surface area contributed by atoms with Crippen LogP contribution >= 0.6 is 11.3 Å². The number of amides is 1. The summed E-state index contributed by atoms with van der Waals surface area (Å²) in [5.41, 5.74) is -0.686. The highest BCUT2D eigenvalue weighted by Gasteiger charge is 2.25. The third-order valence-electron chi connectivity index (χ3n) is 2.81. The van der Waals surface area contributed by atoms with Gasteiger partial charge in [0.2, 0.25) is 0 Å². The molecule has 2 aromatic heterocycles. The van der Waals surface area contributed by atoms with Gasteiger partial charge in [-0.3, -0.25) is 14.0 Å². The van der Waals surface area contributed by atoms with E-state index in [1.807, 2.05) is 0 Å². The van der Waals surface area contributed by atoms with Gasteiger partial charge in [0.1, 0.15) is 11.6 Å². The van der Waals surface area contributed by atoms with E-state index in [1.54, 1.807) is 19.2 Å². The average Bonchev–Trinajstić information content (AvgIpc) is 2.84. The number of carboxylic acid groups (broad SMARTS) is 1. The SMILES string of the molecule is CC(C)C(NC(=O)c1cnc2sccn2c1=O)C(=O)O. The molecule has 106 valence electrons. The first-order chi connectivity index (χ1) is 9.41. The molecule has 1 unspecified atom stereocenters. The van der Waals surface area contributed by atoms with Crippen molar-refractivity contribution >= 4 is 28.2 Å². The van der Waals surface area contributed by atoms with Gasteiger partial charge in [0.25, 0.3) is 11.5 Å². The zero-order chi connectivity index (χ0) is 14.9. The predicted molar refractivity (Wildman–Crippen MR) is 73.1 cm³/mol. The number of hydrogen-bond donors (Lipinski definition) is 2. The quantitative estimate of drug-likeness (QED) is 0.860. The van der Waals surface area contributed by atoms with Crippen molar-refractivity contribution in [3.05, 3.63) is 33.7 Å². The summed E-state index contributed by atoms with van der Waals surface area (Å²) in [6.07, 6.45) is 2.69. The fourth-order valence-electron chi connectivity index (χ4n) is 1.71. The molecule has 0 saturated heterocycles. The van der Waals surface area contributed by atoms with E-state index in [0.29, 0.717) is 4.96 Å². The van der Waals surface area contributed by atoms with Crippen LogP contribution in [-0.4, -0.2) is 32.4 Å². The highest BCUT2D eigenvalue weighted by Crippen LogP contribution is 2.07. The van der Waals surface area contributed by atoms with Crippen molar-refractivity contribution in [1.82, 2.24) is 14.7 Å².